The van der Waals surface area contributed by atoms with E-state index in [1.807, 2.05) is 20.0 Å². The number of carbonyl (C=O) groups excluding carboxylic acids is 1. The maximum absolute atomic E-state index is 13.2. The number of amides is 1. The highest BCUT2D eigenvalue weighted by atomic mass is 16.5. The molecule has 0 aliphatic carbocycles. The maximum atomic E-state index is 13.2. The van der Waals surface area contributed by atoms with Gasteiger partial charge in [0.2, 0.25) is 11.9 Å². The van der Waals surface area contributed by atoms with Crippen molar-refractivity contribution in [1.29, 1.82) is 0 Å². The summed E-state index contributed by atoms with van der Waals surface area (Å²) in [4.78, 5) is 25.9. The van der Waals surface area contributed by atoms with Crippen molar-refractivity contribution in [2.24, 2.45) is 11.3 Å². The number of nitrogens with zero attached hydrogens (tertiary/aromatic N) is 4. The van der Waals surface area contributed by atoms with Gasteiger partial charge in [-0.15, -0.1) is 0 Å². The molecule has 0 aromatic carbocycles. The van der Waals surface area contributed by atoms with E-state index in [4.69, 9.17) is 9.84 Å². The molecule has 1 aromatic heterocycles. The van der Waals surface area contributed by atoms with Crippen LogP contribution in [0.25, 0.3) is 0 Å². The van der Waals surface area contributed by atoms with Gasteiger partial charge < -0.3 is 19.6 Å². The molecule has 2 saturated heterocycles. The van der Waals surface area contributed by atoms with Gasteiger partial charge in [0.15, 0.2) is 0 Å². The van der Waals surface area contributed by atoms with Gasteiger partial charge in [0.1, 0.15) is 0 Å². The van der Waals surface area contributed by atoms with E-state index in [2.05, 4.69) is 14.9 Å². The Morgan fingerprint density at radius 2 is 2.42 bits per heavy atom. The third-order valence-electron chi connectivity index (χ3n) is 5.20. The predicted molar refractivity (Wildman–Crippen MR) is 89.7 cm³/mol. The van der Waals surface area contributed by atoms with Crippen LogP contribution in [0.15, 0.2) is 12.3 Å². The first-order valence-electron chi connectivity index (χ1n) is 8.55. The minimum atomic E-state index is -0.435. The van der Waals surface area contributed by atoms with Crippen molar-refractivity contribution in [3.63, 3.8) is 0 Å². The molecule has 7 heteroatoms. The molecule has 0 spiro atoms. The molecular weight excluding hydrogens is 308 g/mol. The summed E-state index contributed by atoms with van der Waals surface area (Å²) in [5, 5.41) is 9.03. The van der Waals surface area contributed by atoms with Crippen molar-refractivity contribution in [2.75, 3.05) is 51.4 Å². The van der Waals surface area contributed by atoms with E-state index >= 15 is 0 Å². The van der Waals surface area contributed by atoms with Crippen LogP contribution in [0, 0.1) is 18.3 Å². The third-order valence-corrected chi connectivity index (χ3v) is 5.20. The number of aliphatic hydroxyl groups excluding tert-OH is 1. The summed E-state index contributed by atoms with van der Waals surface area (Å²) in [5.74, 6) is 0.994. The lowest BCUT2D eigenvalue weighted by Crippen LogP contribution is -2.51. The molecule has 2 atom stereocenters. The van der Waals surface area contributed by atoms with Crippen LogP contribution in [-0.2, 0) is 9.53 Å². The average molecular weight is 334 g/mol. The van der Waals surface area contributed by atoms with Crippen LogP contribution in [-0.4, -0.2) is 72.4 Å². The molecule has 0 radical (unpaired) electrons. The molecule has 132 valence electrons. The SMILES string of the molecule is Cc1ccnc(N2CC3COCCC3(C(=O)N(C)CCCO)C2)n1. The fourth-order valence-electron chi connectivity index (χ4n) is 3.83. The number of aliphatic hydroxyl groups is 1. The largest absolute Gasteiger partial charge is 0.396 e. The van der Waals surface area contributed by atoms with Gasteiger partial charge in [-0.1, -0.05) is 0 Å². The summed E-state index contributed by atoms with van der Waals surface area (Å²) < 4.78 is 5.65. The van der Waals surface area contributed by atoms with E-state index in [1.54, 1.807) is 11.1 Å². The first-order chi connectivity index (χ1) is 11.6. The van der Waals surface area contributed by atoms with Gasteiger partial charge in [-0.3, -0.25) is 4.79 Å². The van der Waals surface area contributed by atoms with Gasteiger partial charge in [0, 0.05) is 57.7 Å². The van der Waals surface area contributed by atoms with E-state index in [-0.39, 0.29) is 18.4 Å². The molecule has 0 bridgehead atoms. The third kappa shape index (κ3) is 3.10. The van der Waals surface area contributed by atoms with E-state index in [0.29, 0.717) is 38.7 Å². The normalized spacial score (nSPS) is 26.3. The van der Waals surface area contributed by atoms with Crippen molar-refractivity contribution < 1.29 is 14.6 Å². The van der Waals surface area contributed by atoms with Crippen LogP contribution in [0.1, 0.15) is 18.5 Å². The number of rotatable bonds is 5. The predicted octanol–water partition coefficient (Wildman–Crippen LogP) is 0.469. The van der Waals surface area contributed by atoms with Crippen LogP contribution < -0.4 is 4.90 Å². The molecule has 24 heavy (non-hydrogen) atoms. The van der Waals surface area contributed by atoms with Gasteiger partial charge in [-0.2, -0.15) is 0 Å². The van der Waals surface area contributed by atoms with Crippen LogP contribution in [0.2, 0.25) is 0 Å². The highest BCUT2D eigenvalue weighted by molar-refractivity contribution is 5.84. The summed E-state index contributed by atoms with van der Waals surface area (Å²) in [7, 11) is 1.82. The Balaban J connectivity index is 1.83. The fraction of sp³-hybridized carbons (Fsp3) is 0.706. The maximum Gasteiger partial charge on any atom is 0.230 e. The van der Waals surface area contributed by atoms with Crippen LogP contribution in [0.4, 0.5) is 5.95 Å². The zero-order valence-corrected chi connectivity index (χ0v) is 14.4. The number of hydrogen-bond acceptors (Lipinski definition) is 6. The Kier molecular flexibility index (Phi) is 5.01. The van der Waals surface area contributed by atoms with Gasteiger partial charge in [0.25, 0.3) is 0 Å². The summed E-state index contributed by atoms with van der Waals surface area (Å²) >= 11 is 0. The first kappa shape index (κ1) is 17.1. The summed E-state index contributed by atoms with van der Waals surface area (Å²) in [6.45, 7) is 5.20. The zero-order valence-electron chi connectivity index (χ0n) is 14.4. The lowest BCUT2D eigenvalue weighted by atomic mass is 9.73. The van der Waals surface area contributed by atoms with Gasteiger partial charge in [-0.25, -0.2) is 9.97 Å². The number of hydrogen-bond donors (Lipinski definition) is 1. The Hall–Kier alpha value is -1.73. The number of ether oxygens (including phenoxy) is 1. The molecule has 2 unspecified atom stereocenters. The smallest absolute Gasteiger partial charge is 0.230 e. The number of carbonyl (C=O) groups is 1. The number of aromatic nitrogens is 2. The van der Waals surface area contributed by atoms with Crippen molar-refractivity contribution in [3.05, 3.63) is 18.0 Å². The quantitative estimate of drug-likeness (QED) is 0.843. The number of anilines is 1. The number of aryl methyl sites for hydroxylation is 1. The van der Waals surface area contributed by atoms with Crippen molar-refractivity contribution in [3.8, 4) is 0 Å². The summed E-state index contributed by atoms with van der Waals surface area (Å²) in [6, 6.07) is 1.87. The minimum Gasteiger partial charge on any atom is -0.396 e. The molecule has 2 aliphatic rings. The summed E-state index contributed by atoms with van der Waals surface area (Å²) in [6.07, 6.45) is 3.09. The average Bonchev–Trinajstić information content (AvgIpc) is 3.00. The minimum absolute atomic E-state index is 0.0976. The van der Waals surface area contributed by atoms with Crippen LogP contribution in [0.3, 0.4) is 0 Å². The van der Waals surface area contributed by atoms with Crippen molar-refractivity contribution in [1.82, 2.24) is 14.9 Å². The van der Waals surface area contributed by atoms with E-state index in [0.717, 1.165) is 18.7 Å². The topological polar surface area (TPSA) is 78.8 Å². The molecule has 3 heterocycles. The molecule has 2 fully saturated rings. The Labute approximate surface area is 142 Å². The molecule has 1 amide bonds. The molecule has 2 aliphatic heterocycles. The van der Waals surface area contributed by atoms with Gasteiger partial charge >= 0.3 is 0 Å². The van der Waals surface area contributed by atoms with Crippen molar-refractivity contribution >= 4 is 11.9 Å². The monoisotopic (exact) mass is 334 g/mol. The van der Waals surface area contributed by atoms with E-state index in [9.17, 15) is 4.79 Å². The lowest BCUT2D eigenvalue weighted by molar-refractivity contribution is -0.149. The second-order valence-corrected chi connectivity index (χ2v) is 6.86. The molecule has 1 N–H and O–H groups in total. The summed E-state index contributed by atoms with van der Waals surface area (Å²) in [5.41, 5.74) is 0.488. The second-order valence-electron chi connectivity index (χ2n) is 6.86. The van der Waals surface area contributed by atoms with E-state index in [1.165, 1.54) is 0 Å². The Morgan fingerprint density at radius 3 is 3.17 bits per heavy atom. The zero-order chi connectivity index (χ0) is 17.2. The molecule has 3 rings (SSSR count). The highest BCUT2D eigenvalue weighted by Gasteiger charge is 2.54. The molecule has 0 saturated carbocycles. The van der Waals surface area contributed by atoms with Crippen LogP contribution in [0.5, 0.6) is 0 Å². The standard InChI is InChI=1S/C17H26N4O3/c1-13-4-6-18-16(19-13)21-10-14-11-24-9-5-17(14,12-21)15(23)20(2)7-3-8-22/h4,6,14,22H,3,5,7-12H2,1-2H3. The molecule has 1 aromatic rings. The second kappa shape index (κ2) is 7.03. The van der Waals surface area contributed by atoms with Gasteiger partial charge in [-0.05, 0) is 25.8 Å². The Bertz CT molecular complexity index is 597. The number of fused-ring (bicyclic) bond motifs is 1. The van der Waals surface area contributed by atoms with Crippen molar-refractivity contribution in [2.45, 2.75) is 19.8 Å². The van der Waals surface area contributed by atoms with E-state index < -0.39 is 5.41 Å². The van der Waals surface area contributed by atoms with Crippen LogP contribution >= 0.6 is 0 Å². The fourth-order valence-corrected chi connectivity index (χ4v) is 3.83. The van der Waals surface area contributed by atoms with Gasteiger partial charge in [0.05, 0.1) is 12.0 Å². The molecule has 7 nitrogen and oxygen atoms in total. The molecular formula is C17H26N4O3. The highest BCUT2D eigenvalue weighted by Crippen LogP contribution is 2.44. The lowest BCUT2D eigenvalue weighted by Gasteiger charge is -2.39. The Morgan fingerprint density at radius 1 is 1.58 bits per heavy atom. The first-order valence-corrected chi connectivity index (χ1v) is 8.55.